The minimum absolute atomic E-state index is 0.00732. The Kier molecular flexibility index (Phi) is 6.41. The second kappa shape index (κ2) is 8.97. The molecule has 0 radical (unpaired) electrons. The van der Waals surface area contributed by atoms with Crippen molar-refractivity contribution in [2.75, 3.05) is 33.2 Å². The molecule has 0 bridgehead atoms. The molecule has 1 aliphatic rings. The summed E-state index contributed by atoms with van der Waals surface area (Å²) in [4.78, 5) is 30.9. The van der Waals surface area contributed by atoms with Crippen LogP contribution in [0.3, 0.4) is 0 Å². The van der Waals surface area contributed by atoms with Gasteiger partial charge in [-0.3, -0.25) is 14.5 Å². The quantitative estimate of drug-likeness (QED) is 0.797. The first-order chi connectivity index (χ1) is 13.5. The summed E-state index contributed by atoms with van der Waals surface area (Å²) in [5, 5.41) is 0. The molecule has 0 saturated carbocycles. The van der Waals surface area contributed by atoms with Crippen molar-refractivity contribution in [3.05, 3.63) is 71.5 Å². The first kappa shape index (κ1) is 20.0. The molecule has 0 unspecified atom stereocenters. The van der Waals surface area contributed by atoms with E-state index in [1.165, 1.54) is 12.1 Å². The van der Waals surface area contributed by atoms with Crippen molar-refractivity contribution >= 4 is 11.8 Å². The third kappa shape index (κ3) is 4.75. The fraction of sp³-hybridized carbons (Fsp3) is 0.364. The first-order valence-corrected chi connectivity index (χ1v) is 9.53. The molecule has 2 aromatic rings. The van der Waals surface area contributed by atoms with E-state index in [0.717, 1.165) is 5.56 Å². The van der Waals surface area contributed by atoms with Gasteiger partial charge in [-0.2, -0.15) is 0 Å². The second-order valence-corrected chi connectivity index (χ2v) is 7.19. The first-order valence-electron chi connectivity index (χ1n) is 9.53. The zero-order chi connectivity index (χ0) is 20.1. The Bertz CT molecular complexity index is 820. The lowest BCUT2D eigenvalue weighted by Gasteiger charge is -2.38. The highest BCUT2D eigenvalue weighted by Gasteiger charge is 2.29. The number of hydrogen-bond acceptors (Lipinski definition) is 3. The Labute approximate surface area is 165 Å². The lowest BCUT2D eigenvalue weighted by atomic mass is 10.1. The summed E-state index contributed by atoms with van der Waals surface area (Å²) < 4.78 is 13.3. The molecule has 1 fully saturated rings. The van der Waals surface area contributed by atoms with Crippen LogP contribution >= 0.6 is 0 Å². The van der Waals surface area contributed by atoms with E-state index in [2.05, 4.69) is 4.90 Å². The molecule has 28 heavy (non-hydrogen) atoms. The van der Waals surface area contributed by atoms with Gasteiger partial charge in [0, 0.05) is 45.3 Å². The molecule has 1 aliphatic heterocycles. The van der Waals surface area contributed by atoms with Gasteiger partial charge in [0.1, 0.15) is 5.82 Å². The number of halogens is 1. The van der Waals surface area contributed by atoms with Gasteiger partial charge in [0.2, 0.25) is 5.91 Å². The fourth-order valence-corrected chi connectivity index (χ4v) is 3.54. The molecule has 148 valence electrons. The Morgan fingerprint density at radius 2 is 1.71 bits per heavy atom. The van der Waals surface area contributed by atoms with Crippen molar-refractivity contribution in [2.24, 2.45) is 0 Å². The number of piperazine rings is 1. The van der Waals surface area contributed by atoms with Crippen molar-refractivity contribution < 1.29 is 14.0 Å². The van der Waals surface area contributed by atoms with E-state index in [4.69, 9.17) is 0 Å². The van der Waals surface area contributed by atoms with E-state index in [0.29, 0.717) is 38.3 Å². The number of amides is 2. The summed E-state index contributed by atoms with van der Waals surface area (Å²) in [5.74, 6) is -0.278. The van der Waals surface area contributed by atoms with Gasteiger partial charge in [-0.15, -0.1) is 0 Å². The number of nitrogens with zero attached hydrogens (tertiary/aromatic N) is 3. The summed E-state index contributed by atoms with van der Waals surface area (Å²) in [5.41, 5.74) is 1.45. The minimum Gasteiger partial charge on any atom is -0.340 e. The van der Waals surface area contributed by atoms with Crippen LogP contribution in [-0.4, -0.2) is 65.8 Å². The normalized spacial score (nSPS) is 15.9. The van der Waals surface area contributed by atoms with Crippen LogP contribution < -0.4 is 0 Å². The van der Waals surface area contributed by atoms with E-state index in [1.54, 1.807) is 18.0 Å². The van der Waals surface area contributed by atoms with Gasteiger partial charge in [-0.25, -0.2) is 4.39 Å². The highest BCUT2D eigenvalue weighted by atomic mass is 19.1. The summed E-state index contributed by atoms with van der Waals surface area (Å²) in [6, 6.07) is 15.3. The summed E-state index contributed by atoms with van der Waals surface area (Å²) >= 11 is 0. The third-order valence-electron chi connectivity index (χ3n) is 5.21. The van der Waals surface area contributed by atoms with Gasteiger partial charge in [0.25, 0.3) is 5.91 Å². The van der Waals surface area contributed by atoms with E-state index in [-0.39, 0.29) is 23.7 Å². The number of likely N-dealkylation sites (N-methyl/N-ethyl adjacent to an activating group) is 1. The molecule has 0 aromatic heterocycles. The minimum atomic E-state index is -0.300. The molecule has 1 heterocycles. The van der Waals surface area contributed by atoms with Crippen LogP contribution in [0.1, 0.15) is 22.8 Å². The van der Waals surface area contributed by atoms with Gasteiger partial charge in [0.05, 0.1) is 6.04 Å². The number of rotatable bonds is 5. The lowest BCUT2D eigenvalue weighted by Crippen LogP contribution is -2.55. The van der Waals surface area contributed by atoms with Gasteiger partial charge >= 0.3 is 0 Å². The van der Waals surface area contributed by atoms with Gasteiger partial charge < -0.3 is 9.80 Å². The average molecular weight is 383 g/mol. The van der Waals surface area contributed by atoms with Crippen LogP contribution in [0.4, 0.5) is 4.39 Å². The topological polar surface area (TPSA) is 43.9 Å². The number of hydrogen-bond donors (Lipinski definition) is 0. The van der Waals surface area contributed by atoms with Gasteiger partial charge in [-0.05, 0) is 36.8 Å². The lowest BCUT2D eigenvalue weighted by molar-refractivity contribution is -0.136. The van der Waals surface area contributed by atoms with Crippen molar-refractivity contribution in [2.45, 2.75) is 19.5 Å². The SMILES string of the molecule is C[C@@H](C(=O)N(C)Cc1cccc(F)c1)N1CCN(C(=O)c2ccccc2)CC1. The Balaban J connectivity index is 1.53. The van der Waals surface area contributed by atoms with E-state index < -0.39 is 0 Å². The van der Waals surface area contributed by atoms with Gasteiger partial charge in [0.15, 0.2) is 0 Å². The predicted octanol–water partition coefficient (Wildman–Crippen LogP) is 2.63. The largest absolute Gasteiger partial charge is 0.340 e. The maximum atomic E-state index is 13.3. The summed E-state index contributed by atoms with van der Waals surface area (Å²) in [7, 11) is 1.74. The van der Waals surface area contributed by atoms with Crippen LogP contribution in [0.25, 0.3) is 0 Å². The van der Waals surface area contributed by atoms with Crippen molar-refractivity contribution in [1.29, 1.82) is 0 Å². The molecule has 3 rings (SSSR count). The smallest absolute Gasteiger partial charge is 0.253 e. The highest BCUT2D eigenvalue weighted by Crippen LogP contribution is 2.13. The Morgan fingerprint density at radius 3 is 2.36 bits per heavy atom. The molecular weight excluding hydrogens is 357 g/mol. The van der Waals surface area contributed by atoms with Crippen molar-refractivity contribution in [3.63, 3.8) is 0 Å². The highest BCUT2D eigenvalue weighted by molar-refractivity contribution is 5.94. The van der Waals surface area contributed by atoms with Crippen LogP contribution in [-0.2, 0) is 11.3 Å². The zero-order valence-corrected chi connectivity index (χ0v) is 16.3. The fourth-order valence-electron chi connectivity index (χ4n) is 3.54. The van der Waals surface area contributed by atoms with Crippen molar-refractivity contribution in [3.8, 4) is 0 Å². The van der Waals surface area contributed by atoms with Gasteiger partial charge in [-0.1, -0.05) is 30.3 Å². The van der Waals surface area contributed by atoms with Crippen LogP contribution in [0.15, 0.2) is 54.6 Å². The average Bonchev–Trinajstić information content (AvgIpc) is 2.73. The monoisotopic (exact) mass is 383 g/mol. The van der Waals surface area contributed by atoms with Crippen LogP contribution in [0, 0.1) is 5.82 Å². The van der Waals surface area contributed by atoms with E-state index in [9.17, 15) is 14.0 Å². The Morgan fingerprint density at radius 1 is 1.04 bits per heavy atom. The summed E-state index contributed by atoms with van der Waals surface area (Å²) in [6.45, 7) is 4.75. The molecule has 0 spiro atoms. The molecule has 2 aromatic carbocycles. The van der Waals surface area contributed by atoms with Crippen molar-refractivity contribution in [1.82, 2.24) is 14.7 Å². The molecule has 1 atom stereocenters. The maximum Gasteiger partial charge on any atom is 0.253 e. The number of carbonyl (C=O) groups is 2. The van der Waals surface area contributed by atoms with Crippen LogP contribution in [0.2, 0.25) is 0 Å². The standard InChI is InChI=1S/C22H26FN3O2/c1-17(21(27)24(2)16-18-7-6-10-20(23)15-18)25-11-13-26(14-12-25)22(28)19-8-4-3-5-9-19/h3-10,15,17H,11-14,16H2,1-2H3/t17-/m0/s1. The third-order valence-corrected chi connectivity index (χ3v) is 5.21. The molecule has 0 N–H and O–H groups in total. The number of carbonyl (C=O) groups excluding carboxylic acids is 2. The maximum absolute atomic E-state index is 13.3. The molecule has 0 aliphatic carbocycles. The molecule has 1 saturated heterocycles. The molecule has 6 heteroatoms. The Hall–Kier alpha value is -2.73. The van der Waals surface area contributed by atoms with E-state index >= 15 is 0 Å². The molecule has 2 amide bonds. The van der Waals surface area contributed by atoms with E-state index in [1.807, 2.05) is 48.2 Å². The predicted molar refractivity (Wildman–Crippen MR) is 106 cm³/mol. The summed E-state index contributed by atoms with van der Waals surface area (Å²) in [6.07, 6.45) is 0. The molecular formula is C22H26FN3O2. The zero-order valence-electron chi connectivity index (χ0n) is 16.3. The molecule has 5 nitrogen and oxygen atoms in total. The second-order valence-electron chi connectivity index (χ2n) is 7.19. The van der Waals surface area contributed by atoms with Crippen LogP contribution in [0.5, 0.6) is 0 Å². The number of benzene rings is 2.